The Morgan fingerprint density at radius 3 is 2.71 bits per heavy atom. The maximum Gasteiger partial charge on any atom is 0.241 e. The molecule has 21 heavy (non-hydrogen) atoms. The van der Waals surface area contributed by atoms with E-state index in [9.17, 15) is 8.42 Å². The lowest BCUT2D eigenvalue weighted by molar-refractivity contribution is 0.382. The first-order chi connectivity index (χ1) is 9.93. The summed E-state index contributed by atoms with van der Waals surface area (Å²) in [6.07, 6.45) is 2.12. The smallest absolute Gasteiger partial charge is 0.241 e. The van der Waals surface area contributed by atoms with Crippen molar-refractivity contribution in [2.24, 2.45) is 0 Å². The van der Waals surface area contributed by atoms with Crippen LogP contribution < -0.4 is 0 Å². The average Bonchev–Trinajstić information content (AvgIpc) is 2.97. The van der Waals surface area contributed by atoms with Gasteiger partial charge in [0.25, 0.3) is 0 Å². The van der Waals surface area contributed by atoms with Gasteiger partial charge in [-0.1, -0.05) is 19.0 Å². The fourth-order valence-corrected chi connectivity index (χ4v) is 4.09. The molecule has 1 aliphatic rings. The van der Waals surface area contributed by atoms with Gasteiger partial charge in [-0.3, -0.25) is 0 Å². The lowest BCUT2D eigenvalue weighted by Crippen LogP contribution is -2.08. The van der Waals surface area contributed by atoms with Crippen molar-refractivity contribution in [3.63, 3.8) is 0 Å². The normalized spacial score (nSPS) is 15.8. The Kier molecular flexibility index (Phi) is 3.83. The minimum absolute atomic E-state index is 0.0860. The van der Waals surface area contributed by atoms with E-state index in [4.69, 9.17) is 4.52 Å². The first kappa shape index (κ1) is 14.6. The maximum atomic E-state index is 12.2. The van der Waals surface area contributed by atoms with Crippen molar-refractivity contribution in [1.82, 2.24) is 15.1 Å². The molecule has 0 bridgehead atoms. The van der Waals surface area contributed by atoms with Crippen LogP contribution in [0.1, 0.15) is 60.9 Å². The van der Waals surface area contributed by atoms with Crippen LogP contribution in [-0.4, -0.2) is 23.5 Å². The Balaban J connectivity index is 1.67. The van der Waals surface area contributed by atoms with E-state index >= 15 is 0 Å². The van der Waals surface area contributed by atoms with Crippen LogP contribution in [-0.2, 0) is 21.3 Å². The topological polar surface area (TPSA) is 86.0 Å². The first-order valence-electron chi connectivity index (χ1n) is 6.90. The molecule has 0 amide bonds. The van der Waals surface area contributed by atoms with Crippen LogP contribution >= 0.6 is 11.3 Å². The van der Waals surface area contributed by atoms with Gasteiger partial charge in [-0.15, -0.1) is 11.3 Å². The second-order valence-electron chi connectivity index (χ2n) is 5.68. The third-order valence-electron chi connectivity index (χ3n) is 3.20. The lowest BCUT2D eigenvalue weighted by Gasteiger charge is -1.99. The molecule has 6 nitrogen and oxygen atoms in total. The molecule has 0 aromatic carbocycles. The number of nitrogens with zero attached hydrogens (tertiary/aromatic N) is 3. The quantitative estimate of drug-likeness (QED) is 0.810. The third-order valence-corrected chi connectivity index (χ3v) is 5.82. The van der Waals surface area contributed by atoms with Crippen molar-refractivity contribution >= 4 is 21.2 Å². The molecule has 8 heteroatoms. The lowest BCUT2D eigenvalue weighted by atomic mass is 10.2. The highest BCUT2D eigenvalue weighted by Crippen LogP contribution is 2.38. The Hall–Kier alpha value is -1.28. The van der Waals surface area contributed by atoms with Crippen LogP contribution in [0.2, 0.25) is 0 Å². The zero-order chi connectivity index (χ0) is 15.0. The molecule has 0 saturated heterocycles. The van der Waals surface area contributed by atoms with Crippen LogP contribution in [0, 0.1) is 0 Å². The van der Waals surface area contributed by atoms with E-state index in [0.717, 1.165) is 17.8 Å². The fourth-order valence-electron chi connectivity index (χ4n) is 1.95. The molecule has 2 heterocycles. The van der Waals surface area contributed by atoms with E-state index in [-0.39, 0.29) is 17.4 Å². The van der Waals surface area contributed by atoms with E-state index in [1.165, 1.54) is 11.3 Å². The molecule has 1 aliphatic carbocycles. The van der Waals surface area contributed by atoms with Crippen molar-refractivity contribution in [1.29, 1.82) is 0 Å². The maximum absolute atomic E-state index is 12.2. The summed E-state index contributed by atoms with van der Waals surface area (Å²) < 4.78 is 29.4. The molecule has 114 valence electrons. The Morgan fingerprint density at radius 2 is 2.10 bits per heavy atom. The summed E-state index contributed by atoms with van der Waals surface area (Å²) in [6.45, 7) is 4.07. The van der Waals surface area contributed by atoms with Gasteiger partial charge in [0.1, 0.15) is 5.75 Å². The third kappa shape index (κ3) is 3.68. The van der Waals surface area contributed by atoms with Gasteiger partial charge >= 0.3 is 0 Å². The van der Waals surface area contributed by atoms with Gasteiger partial charge in [-0.05, 0) is 12.8 Å². The van der Waals surface area contributed by atoms with E-state index in [0.29, 0.717) is 23.4 Å². The number of thiazole rings is 1. The number of sulfone groups is 1. The minimum Gasteiger partial charge on any atom is -0.338 e. The predicted octanol–water partition coefficient (Wildman–Crippen LogP) is 2.64. The molecular weight excluding hydrogens is 310 g/mol. The summed E-state index contributed by atoms with van der Waals surface area (Å²) in [5.41, 5.74) is 0.589. The second-order valence-corrected chi connectivity index (χ2v) is 8.64. The molecule has 3 rings (SSSR count). The first-order valence-corrected chi connectivity index (χ1v) is 9.60. The van der Waals surface area contributed by atoms with Crippen LogP contribution in [0.4, 0.5) is 0 Å². The highest BCUT2D eigenvalue weighted by Gasteiger charge is 2.29. The molecular formula is C13H17N3O3S2. The molecule has 0 radical (unpaired) electrons. The summed E-state index contributed by atoms with van der Waals surface area (Å²) in [4.78, 5) is 8.51. The van der Waals surface area contributed by atoms with Gasteiger partial charge < -0.3 is 4.52 Å². The highest BCUT2D eigenvalue weighted by molar-refractivity contribution is 7.89. The van der Waals surface area contributed by atoms with Crippen molar-refractivity contribution < 1.29 is 12.9 Å². The monoisotopic (exact) mass is 327 g/mol. The molecule has 0 unspecified atom stereocenters. The standard InChI is InChI=1S/C13H17N3O3S2/c1-8(2)13-14-10(5-20-13)6-21(17,18)7-11-15-12(16-19-11)9-3-4-9/h5,8-9H,3-4,6-7H2,1-2H3. The zero-order valence-electron chi connectivity index (χ0n) is 11.9. The van der Waals surface area contributed by atoms with Gasteiger partial charge in [-0.25, -0.2) is 13.4 Å². The van der Waals surface area contributed by atoms with Gasteiger partial charge in [0.2, 0.25) is 5.89 Å². The number of hydrogen-bond donors (Lipinski definition) is 0. The second kappa shape index (κ2) is 5.49. The van der Waals surface area contributed by atoms with Crippen molar-refractivity contribution in [2.75, 3.05) is 0 Å². The summed E-state index contributed by atoms with van der Waals surface area (Å²) in [6, 6.07) is 0. The minimum atomic E-state index is -3.34. The van der Waals surface area contributed by atoms with Gasteiger partial charge in [-0.2, -0.15) is 4.98 Å². The van der Waals surface area contributed by atoms with Crippen molar-refractivity contribution in [2.45, 2.75) is 50.0 Å². The molecule has 2 aromatic rings. The molecule has 1 fully saturated rings. The number of hydrogen-bond acceptors (Lipinski definition) is 7. The Labute approximate surface area is 127 Å². The predicted molar refractivity (Wildman–Crippen MR) is 78.8 cm³/mol. The van der Waals surface area contributed by atoms with Gasteiger partial charge in [0.05, 0.1) is 16.5 Å². The van der Waals surface area contributed by atoms with Crippen molar-refractivity contribution in [3.05, 3.63) is 27.8 Å². The summed E-state index contributed by atoms with van der Waals surface area (Å²) in [5, 5.41) is 6.59. The largest absolute Gasteiger partial charge is 0.338 e. The Morgan fingerprint density at radius 1 is 1.33 bits per heavy atom. The highest BCUT2D eigenvalue weighted by atomic mass is 32.2. The average molecular weight is 327 g/mol. The van der Waals surface area contributed by atoms with Crippen LogP contribution in [0.15, 0.2) is 9.90 Å². The van der Waals surface area contributed by atoms with E-state index in [1.807, 2.05) is 13.8 Å². The van der Waals surface area contributed by atoms with Gasteiger partial charge in [0.15, 0.2) is 15.7 Å². The van der Waals surface area contributed by atoms with Crippen molar-refractivity contribution in [3.8, 4) is 0 Å². The molecule has 0 aliphatic heterocycles. The summed E-state index contributed by atoms with van der Waals surface area (Å²) >= 11 is 1.49. The van der Waals surface area contributed by atoms with Crippen LogP contribution in [0.3, 0.4) is 0 Å². The zero-order valence-corrected chi connectivity index (χ0v) is 13.6. The fraction of sp³-hybridized carbons (Fsp3) is 0.615. The van der Waals surface area contributed by atoms with E-state index in [2.05, 4.69) is 15.1 Å². The SMILES string of the molecule is CC(C)c1nc(CS(=O)(=O)Cc2nc(C3CC3)no2)cs1. The van der Waals surface area contributed by atoms with Crippen LogP contribution in [0.5, 0.6) is 0 Å². The van der Waals surface area contributed by atoms with E-state index < -0.39 is 9.84 Å². The molecule has 0 atom stereocenters. The Bertz CT molecular complexity index is 681. The van der Waals surface area contributed by atoms with Gasteiger partial charge in [0, 0.05) is 17.2 Å². The molecule has 1 saturated carbocycles. The number of aromatic nitrogens is 3. The molecule has 0 spiro atoms. The number of rotatable bonds is 6. The van der Waals surface area contributed by atoms with Crippen LogP contribution in [0.25, 0.3) is 0 Å². The van der Waals surface area contributed by atoms with E-state index in [1.54, 1.807) is 5.38 Å². The molecule has 0 N–H and O–H groups in total. The summed E-state index contributed by atoms with van der Waals surface area (Å²) in [7, 11) is -3.34. The summed E-state index contributed by atoms with van der Waals surface area (Å²) in [5.74, 6) is 1.17. The molecule has 2 aromatic heterocycles.